The summed E-state index contributed by atoms with van der Waals surface area (Å²) < 4.78 is 17.4. The van der Waals surface area contributed by atoms with Gasteiger partial charge in [-0.2, -0.15) is 0 Å². The number of nitro benzene ring substituents is 1. The summed E-state index contributed by atoms with van der Waals surface area (Å²) in [6.07, 6.45) is 0.373. The van der Waals surface area contributed by atoms with Gasteiger partial charge in [-0.15, -0.1) is 0 Å². The average Bonchev–Trinajstić information content (AvgIpc) is 2.44. The third-order valence-corrected chi connectivity index (χ3v) is 2.01. The van der Waals surface area contributed by atoms with Crippen LogP contribution in [0.5, 0.6) is 0 Å². The first-order chi connectivity index (χ1) is 9.52. The first kappa shape index (κ1) is 17.6. The molecule has 0 heterocycles. The van der Waals surface area contributed by atoms with Crippen molar-refractivity contribution in [1.29, 1.82) is 0 Å². The van der Waals surface area contributed by atoms with Crippen molar-refractivity contribution in [3.8, 4) is 11.8 Å². The van der Waals surface area contributed by atoms with Crippen LogP contribution in [0.25, 0.3) is 0 Å². The van der Waals surface area contributed by atoms with Crippen molar-refractivity contribution < 1.29 is 18.8 Å². The molecule has 1 aromatic carbocycles. The van der Waals surface area contributed by atoms with Gasteiger partial charge in [0.1, 0.15) is 5.82 Å². The number of hydrogen-bond donors (Lipinski definition) is 0. The van der Waals surface area contributed by atoms with E-state index in [1.54, 1.807) is 0 Å². The Bertz CT molecular complexity index is 532. The monoisotopic (exact) mass is 281 g/mol. The van der Waals surface area contributed by atoms with Crippen LogP contribution in [0.4, 0.5) is 10.1 Å². The maximum Gasteiger partial charge on any atom is 0.306 e. The second-order valence-corrected chi connectivity index (χ2v) is 3.33. The average molecular weight is 281 g/mol. The topological polar surface area (TPSA) is 69.4 Å². The van der Waals surface area contributed by atoms with Crippen molar-refractivity contribution in [3.63, 3.8) is 0 Å². The number of ether oxygens (including phenoxy) is 1. The molecule has 6 heteroatoms. The van der Waals surface area contributed by atoms with Gasteiger partial charge in [-0.1, -0.05) is 25.7 Å². The molecular formula is C14H16FNO4. The molecule has 0 aliphatic heterocycles. The number of nitrogens with zero attached hydrogens (tertiary/aromatic N) is 1. The number of esters is 1. The number of rotatable bonds is 3. The molecule has 1 aromatic rings. The van der Waals surface area contributed by atoms with Crippen LogP contribution in [0, 0.1) is 27.8 Å². The zero-order valence-electron chi connectivity index (χ0n) is 11.6. The largest absolute Gasteiger partial charge is 0.469 e. The number of benzene rings is 1. The van der Waals surface area contributed by atoms with Gasteiger partial charge in [-0.05, 0) is 6.07 Å². The van der Waals surface area contributed by atoms with E-state index in [-0.39, 0.29) is 24.1 Å². The lowest BCUT2D eigenvalue weighted by Gasteiger charge is -1.94. The van der Waals surface area contributed by atoms with E-state index in [0.717, 1.165) is 12.1 Å². The molecule has 5 nitrogen and oxygen atoms in total. The minimum absolute atomic E-state index is 0.126. The molecule has 108 valence electrons. The van der Waals surface area contributed by atoms with Crippen molar-refractivity contribution >= 4 is 11.7 Å². The fourth-order valence-electron chi connectivity index (χ4n) is 1.18. The fraction of sp³-hybridized carbons (Fsp3) is 0.357. The Morgan fingerprint density at radius 3 is 2.60 bits per heavy atom. The highest BCUT2D eigenvalue weighted by Gasteiger charge is 2.08. The van der Waals surface area contributed by atoms with Gasteiger partial charge in [0.25, 0.3) is 5.69 Å². The van der Waals surface area contributed by atoms with Crippen LogP contribution in [0.1, 0.15) is 32.3 Å². The van der Waals surface area contributed by atoms with Crippen LogP contribution >= 0.6 is 0 Å². The minimum Gasteiger partial charge on any atom is -0.469 e. The van der Waals surface area contributed by atoms with Gasteiger partial charge in [0.2, 0.25) is 0 Å². The first-order valence-electron chi connectivity index (χ1n) is 6.03. The standard InChI is InChI=1S/C12H10FNO4.C2H6/c1-18-12(15)5-3-2-4-9-6-10(13)8-11(7-9)14(16)17;1-2/h6-8H,3,5H2,1H3;1-2H3. The summed E-state index contributed by atoms with van der Waals surface area (Å²) in [4.78, 5) is 20.6. The Labute approximate surface area is 116 Å². The molecule has 0 N–H and O–H groups in total. The number of carbonyl (C=O) groups excluding carboxylic acids is 1. The van der Waals surface area contributed by atoms with Gasteiger partial charge >= 0.3 is 5.97 Å². The SMILES string of the molecule is CC.COC(=O)CCC#Cc1cc(F)cc([N+](=O)[O-])c1. The van der Waals surface area contributed by atoms with Crippen LogP contribution in [0.15, 0.2) is 18.2 Å². The van der Waals surface area contributed by atoms with E-state index in [1.807, 2.05) is 13.8 Å². The quantitative estimate of drug-likeness (QED) is 0.369. The van der Waals surface area contributed by atoms with Gasteiger partial charge in [0.15, 0.2) is 0 Å². The predicted molar refractivity (Wildman–Crippen MR) is 72.5 cm³/mol. The molecule has 0 radical (unpaired) electrons. The highest BCUT2D eigenvalue weighted by Crippen LogP contribution is 2.15. The van der Waals surface area contributed by atoms with Crippen molar-refractivity contribution in [2.45, 2.75) is 26.7 Å². The summed E-state index contributed by atoms with van der Waals surface area (Å²) in [6.45, 7) is 4.00. The summed E-state index contributed by atoms with van der Waals surface area (Å²) in [5.74, 6) is 4.06. The Morgan fingerprint density at radius 2 is 2.05 bits per heavy atom. The van der Waals surface area contributed by atoms with Crippen LogP contribution < -0.4 is 0 Å². The van der Waals surface area contributed by atoms with E-state index >= 15 is 0 Å². The van der Waals surface area contributed by atoms with Crippen LogP contribution in [0.2, 0.25) is 0 Å². The lowest BCUT2D eigenvalue weighted by molar-refractivity contribution is -0.385. The molecule has 0 bridgehead atoms. The number of hydrogen-bond acceptors (Lipinski definition) is 4. The Balaban J connectivity index is 0.00000172. The molecule has 0 fully saturated rings. The summed E-state index contributed by atoms with van der Waals surface area (Å²) in [7, 11) is 1.27. The first-order valence-corrected chi connectivity index (χ1v) is 6.03. The lowest BCUT2D eigenvalue weighted by atomic mass is 10.2. The van der Waals surface area contributed by atoms with Gasteiger partial charge in [-0.25, -0.2) is 4.39 Å². The van der Waals surface area contributed by atoms with Crippen molar-refractivity contribution in [1.82, 2.24) is 0 Å². The van der Waals surface area contributed by atoms with Gasteiger partial charge in [0, 0.05) is 18.1 Å². The number of carbonyl (C=O) groups is 1. The highest BCUT2D eigenvalue weighted by molar-refractivity contribution is 5.69. The van der Waals surface area contributed by atoms with E-state index in [1.165, 1.54) is 13.2 Å². The molecule has 0 saturated carbocycles. The maximum atomic E-state index is 13.0. The van der Waals surface area contributed by atoms with Crippen molar-refractivity contribution in [3.05, 3.63) is 39.7 Å². The van der Waals surface area contributed by atoms with Crippen LogP contribution in [-0.2, 0) is 9.53 Å². The zero-order chi connectivity index (χ0) is 15.5. The number of nitro groups is 1. The van der Waals surface area contributed by atoms with E-state index in [4.69, 9.17) is 0 Å². The third kappa shape index (κ3) is 6.50. The van der Waals surface area contributed by atoms with Crippen molar-refractivity contribution in [2.75, 3.05) is 7.11 Å². The molecule has 0 aliphatic rings. The number of non-ortho nitro benzene ring substituents is 1. The summed E-state index contributed by atoms with van der Waals surface area (Å²) >= 11 is 0. The second kappa shape index (κ2) is 9.50. The molecule has 0 spiro atoms. The Hall–Kier alpha value is -2.42. The molecule has 0 aliphatic carbocycles. The molecule has 0 amide bonds. The molecule has 0 saturated heterocycles. The van der Waals surface area contributed by atoms with Gasteiger partial charge in [-0.3, -0.25) is 14.9 Å². The molecule has 0 unspecified atom stereocenters. The van der Waals surface area contributed by atoms with E-state index in [0.29, 0.717) is 0 Å². The van der Waals surface area contributed by atoms with Crippen LogP contribution in [-0.4, -0.2) is 18.0 Å². The van der Waals surface area contributed by atoms with Crippen LogP contribution in [0.3, 0.4) is 0 Å². The van der Waals surface area contributed by atoms with Gasteiger partial charge < -0.3 is 4.74 Å². The predicted octanol–water partition coefficient (Wildman–Crippen LogP) is 3.06. The summed E-state index contributed by atoms with van der Waals surface area (Å²) in [5.41, 5.74) is -0.154. The van der Waals surface area contributed by atoms with Crippen molar-refractivity contribution in [2.24, 2.45) is 0 Å². The number of methoxy groups -OCH3 is 1. The van der Waals surface area contributed by atoms with E-state index < -0.39 is 16.7 Å². The summed E-state index contributed by atoms with van der Waals surface area (Å²) in [6, 6.07) is 3.09. The fourth-order valence-corrected chi connectivity index (χ4v) is 1.18. The highest BCUT2D eigenvalue weighted by atomic mass is 19.1. The second-order valence-electron chi connectivity index (χ2n) is 3.33. The minimum atomic E-state index is -0.721. The third-order valence-electron chi connectivity index (χ3n) is 2.01. The Kier molecular flexibility index (Phi) is 8.35. The molecule has 0 aromatic heterocycles. The summed E-state index contributed by atoms with van der Waals surface area (Å²) in [5, 5.41) is 10.5. The molecule has 0 atom stereocenters. The number of halogens is 1. The Morgan fingerprint density at radius 1 is 1.40 bits per heavy atom. The molecule has 1 rings (SSSR count). The molecule has 20 heavy (non-hydrogen) atoms. The maximum absolute atomic E-state index is 13.0. The zero-order valence-corrected chi connectivity index (χ0v) is 11.6. The smallest absolute Gasteiger partial charge is 0.306 e. The van der Waals surface area contributed by atoms with Gasteiger partial charge in [0.05, 0.1) is 24.5 Å². The normalized spacial score (nSPS) is 8.60. The lowest BCUT2D eigenvalue weighted by Crippen LogP contribution is -1.98. The van der Waals surface area contributed by atoms with E-state index in [2.05, 4.69) is 16.6 Å². The van der Waals surface area contributed by atoms with E-state index in [9.17, 15) is 19.3 Å². The molecular weight excluding hydrogens is 265 g/mol.